The fourth-order valence-electron chi connectivity index (χ4n) is 4.33. The maximum Gasteiger partial charge on any atom is 0.260 e. The lowest BCUT2D eigenvalue weighted by atomic mass is 9.88. The second-order valence-electron chi connectivity index (χ2n) is 7.67. The van der Waals surface area contributed by atoms with Gasteiger partial charge in [-0.3, -0.25) is 14.6 Å². The summed E-state index contributed by atoms with van der Waals surface area (Å²) < 4.78 is 6.46. The minimum absolute atomic E-state index is 0.152. The number of fused-ring (bicyclic) bond motifs is 4. The Morgan fingerprint density at radius 3 is 2.43 bits per heavy atom. The Kier molecular flexibility index (Phi) is 4.53. The number of nitrogens with zero attached hydrogens (tertiary/aromatic N) is 2. The normalized spacial score (nSPS) is 22.3. The van der Waals surface area contributed by atoms with Gasteiger partial charge in [-0.25, -0.2) is 0 Å². The molecule has 6 heteroatoms. The number of halogens is 1. The number of benzene rings is 3. The van der Waals surface area contributed by atoms with Gasteiger partial charge in [-0.2, -0.15) is 0 Å². The van der Waals surface area contributed by atoms with Crippen LogP contribution in [0.5, 0.6) is 5.75 Å². The first-order valence-corrected chi connectivity index (χ1v) is 10.5. The molecule has 1 amide bonds. The molecule has 150 valence electrons. The molecule has 0 saturated carbocycles. The van der Waals surface area contributed by atoms with Crippen molar-refractivity contribution in [3.05, 3.63) is 95.0 Å². The first kappa shape index (κ1) is 19.1. The van der Waals surface area contributed by atoms with Crippen LogP contribution in [0.15, 0.2) is 78.9 Å². The molecule has 4 nitrogen and oxygen atoms in total. The highest BCUT2D eigenvalue weighted by molar-refractivity contribution is 7.80. The Hall–Kier alpha value is -2.89. The molecular weight excluding hydrogens is 416 g/mol. The molecule has 0 radical (unpaired) electrons. The maximum absolute atomic E-state index is 13.6. The predicted octanol–water partition coefficient (Wildman–Crippen LogP) is 5.83. The van der Waals surface area contributed by atoms with Crippen molar-refractivity contribution in [3.8, 4) is 5.75 Å². The maximum atomic E-state index is 13.6. The smallest absolute Gasteiger partial charge is 0.260 e. The van der Waals surface area contributed by atoms with E-state index in [1.165, 1.54) is 0 Å². The molecule has 2 aliphatic heterocycles. The number of carbonyl (C=O) groups excluding carboxylic acids is 1. The van der Waals surface area contributed by atoms with Crippen molar-refractivity contribution in [1.29, 1.82) is 0 Å². The Labute approximate surface area is 185 Å². The van der Waals surface area contributed by atoms with Gasteiger partial charge in [0.25, 0.3) is 5.91 Å². The van der Waals surface area contributed by atoms with Crippen molar-refractivity contribution in [2.45, 2.75) is 25.1 Å². The number of ether oxygens (including phenoxy) is 1. The van der Waals surface area contributed by atoms with Crippen LogP contribution < -0.4 is 9.64 Å². The standard InChI is InChI=1S/C24H19ClN2O2S/c1-24-15-20(19-9-5-6-10-21(19)29-24)26(22(28)16-11-13-17(25)14-12-16)23(30)27(24)18-7-3-2-4-8-18/h2-14,20H,15H2,1H3. The van der Waals surface area contributed by atoms with Gasteiger partial charge in [0.15, 0.2) is 10.8 Å². The summed E-state index contributed by atoms with van der Waals surface area (Å²) in [6.07, 6.45) is 0.596. The van der Waals surface area contributed by atoms with Crippen molar-refractivity contribution in [3.63, 3.8) is 0 Å². The molecule has 2 heterocycles. The Morgan fingerprint density at radius 2 is 1.70 bits per heavy atom. The van der Waals surface area contributed by atoms with Crippen LogP contribution in [0, 0.1) is 0 Å². The summed E-state index contributed by atoms with van der Waals surface area (Å²) in [5, 5.41) is 1.01. The summed E-state index contributed by atoms with van der Waals surface area (Å²) in [5.74, 6) is 0.620. The van der Waals surface area contributed by atoms with Gasteiger partial charge in [0.1, 0.15) is 5.75 Å². The highest BCUT2D eigenvalue weighted by Crippen LogP contribution is 2.49. The van der Waals surface area contributed by atoms with Gasteiger partial charge in [-0.1, -0.05) is 48.0 Å². The molecule has 3 aromatic rings. The summed E-state index contributed by atoms with van der Waals surface area (Å²) in [6.45, 7) is 2.03. The third-order valence-corrected chi connectivity index (χ3v) is 6.32. The number of thiocarbonyl (C=S) groups is 1. The summed E-state index contributed by atoms with van der Waals surface area (Å²) in [7, 11) is 0. The van der Waals surface area contributed by atoms with E-state index in [1.807, 2.05) is 66.4 Å². The van der Waals surface area contributed by atoms with E-state index in [4.69, 9.17) is 28.6 Å². The van der Waals surface area contributed by atoms with Crippen LogP contribution in [0.2, 0.25) is 5.02 Å². The van der Waals surface area contributed by atoms with E-state index in [1.54, 1.807) is 29.2 Å². The minimum Gasteiger partial charge on any atom is -0.467 e. The fourth-order valence-corrected chi connectivity index (χ4v) is 4.96. The number of hydrogen-bond acceptors (Lipinski definition) is 3. The molecule has 0 spiro atoms. The van der Waals surface area contributed by atoms with Gasteiger partial charge in [-0.05, 0) is 61.6 Å². The monoisotopic (exact) mass is 434 g/mol. The molecule has 2 unspecified atom stereocenters. The lowest BCUT2D eigenvalue weighted by Gasteiger charge is -2.55. The van der Waals surface area contributed by atoms with Crippen molar-refractivity contribution in [1.82, 2.24) is 4.90 Å². The van der Waals surface area contributed by atoms with Crippen LogP contribution in [0.25, 0.3) is 0 Å². The van der Waals surface area contributed by atoms with E-state index in [0.29, 0.717) is 22.1 Å². The van der Waals surface area contributed by atoms with Crippen LogP contribution in [0.1, 0.15) is 35.3 Å². The van der Waals surface area contributed by atoms with Crippen LogP contribution >= 0.6 is 23.8 Å². The van der Waals surface area contributed by atoms with Crippen LogP contribution in [0.4, 0.5) is 5.69 Å². The average Bonchev–Trinajstić information content (AvgIpc) is 2.74. The van der Waals surface area contributed by atoms with Crippen molar-refractivity contribution >= 4 is 40.5 Å². The summed E-state index contributed by atoms with van der Waals surface area (Å²) >= 11 is 11.9. The van der Waals surface area contributed by atoms with Crippen molar-refractivity contribution in [2.24, 2.45) is 0 Å². The van der Waals surface area contributed by atoms with Gasteiger partial charge >= 0.3 is 0 Å². The van der Waals surface area contributed by atoms with Gasteiger partial charge in [0, 0.05) is 28.3 Å². The number of hydrogen-bond donors (Lipinski definition) is 0. The van der Waals surface area contributed by atoms with E-state index in [2.05, 4.69) is 0 Å². The predicted molar refractivity (Wildman–Crippen MR) is 122 cm³/mol. The van der Waals surface area contributed by atoms with Crippen molar-refractivity contribution < 1.29 is 9.53 Å². The average molecular weight is 435 g/mol. The molecule has 1 saturated heterocycles. The molecule has 3 aromatic carbocycles. The molecule has 1 fully saturated rings. The van der Waals surface area contributed by atoms with E-state index >= 15 is 0 Å². The second kappa shape index (κ2) is 7.11. The molecule has 2 bridgehead atoms. The van der Waals surface area contributed by atoms with E-state index < -0.39 is 5.72 Å². The summed E-state index contributed by atoms with van der Waals surface area (Å²) in [4.78, 5) is 17.3. The topological polar surface area (TPSA) is 32.8 Å². The fraction of sp³-hybridized carbons (Fsp3) is 0.167. The molecule has 30 heavy (non-hydrogen) atoms. The van der Waals surface area contributed by atoms with Gasteiger partial charge < -0.3 is 4.74 Å². The van der Waals surface area contributed by atoms with Gasteiger partial charge in [-0.15, -0.1) is 0 Å². The molecule has 2 atom stereocenters. The zero-order valence-corrected chi connectivity index (χ0v) is 17.9. The minimum atomic E-state index is -0.700. The number of rotatable bonds is 2. The third-order valence-electron chi connectivity index (χ3n) is 5.69. The highest BCUT2D eigenvalue weighted by Gasteiger charge is 2.53. The largest absolute Gasteiger partial charge is 0.467 e. The van der Waals surface area contributed by atoms with E-state index in [0.717, 1.165) is 17.0 Å². The van der Waals surface area contributed by atoms with Crippen LogP contribution in [0.3, 0.4) is 0 Å². The van der Waals surface area contributed by atoms with Gasteiger partial charge in [0.2, 0.25) is 0 Å². The van der Waals surface area contributed by atoms with Crippen LogP contribution in [-0.2, 0) is 0 Å². The Morgan fingerprint density at radius 1 is 1.03 bits per heavy atom. The molecule has 2 aliphatic rings. The Bertz CT molecular complexity index is 1140. The summed E-state index contributed by atoms with van der Waals surface area (Å²) in [5.41, 5.74) is 1.69. The molecule has 0 aromatic heterocycles. The quantitative estimate of drug-likeness (QED) is 0.475. The molecule has 0 aliphatic carbocycles. The zero-order chi connectivity index (χ0) is 20.9. The number of para-hydroxylation sites is 2. The van der Waals surface area contributed by atoms with Crippen molar-refractivity contribution in [2.75, 3.05) is 4.90 Å². The lowest BCUT2D eigenvalue weighted by Crippen LogP contribution is -2.67. The Balaban J connectivity index is 1.67. The van der Waals surface area contributed by atoms with E-state index in [9.17, 15) is 4.79 Å². The molecule has 5 rings (SSSR count). The number of carbonyl (C=O) groups is 1. The van der Waals surface area contributed by atoms with Crippen LogP contribution in [-0.4, -0.2) is 21.6 Å². The zero-order valence-electron chi connectivity index (χ0n) is 16.3. The lowest BCUT2D eigenvalue weighted by molar-refractivity contribution is 0.0184. The molecule has 0 N–H and O–H groups in total. The SMILES string of the molecule is CC12CC(c3ccccc3O1)N(C(=O)c1ccc(Cl)cc1)C(=S)N2c1ccccc1. The first-order chi connectivity index (χ1) is 14.5. The summed E-state index contributed by atoms with van der Waals surface area (Å²) in [6, 6.07) is 24.4. The third kappa shape index (κ3) is 2.97. The molecular formula is C24H19ClN2O2S. The van der Waals surface area contributed by atoms with E-state index in [-0.39, 0.29) is 11.9 Å². The number of anilines is 1. The van der Waals surface area contributed by atoms with Gasteiger partial charge in [0.05, 0.1) is 6.04 Å². The first-order valence-electron chi connectivity index (χ1n) is 9.74. The highest BCUT2D eigenvalue weighted by atomic mass is 35.5. The second-order valence-corrected chi connectivity index (χ2v) is 8.47. The number of amides is 1.